The number of methoxy groups -OCH3 is 1. The Labute approximate surface area is 119 Å². The van der Waals surface area contributed by atoms with E-state index >= 15 is 0 Å². The lowest BCUT2D eigenvalue weighted by Gasteiger charge is -2.22. The summed E-state index contributed by atoms with van der Waals surface area (Å²) < 4.78 is 4.68. The fourth-order valence-electron chi connectivity index (χ4n) is 1.76. The van der Waals surface area contributed by atoms with Crippen molar-refractivity contribution in [2.75, 3.05) is 13.7 Å². The molecule has 1 aromatic rings. The molecule has 5 heteroatoms. The number of nitrogens with two attached hydrogens (primary N) is 1. The van der Waals surface area contributed by atoms with Crippen LogP contribution in [0.1, 0.15) is 31.9 Å². The molecule has 1 rings (SSSR count). The molecule has 0 spiro atoms. The van der Waals surface area contributed by atoms with Crippen molar-refractivity contribution in [2.24, 2.45) is 11.1 Å². The van der Waals surface area contributed by atoms with Crippen molar-refractivity contribution < 1.29 is 14.3 Å². The Hall–Kier alpha value is -1.88. The lowest BCUT2D eigenvalue weighted by Crippen LogP contribution is -2.40. The van der Waals surface area contributed by atoms with Gasteiger partial charge in [-0.25, -0.2) is 0 Å². The van der Waals surface area contributed by atoms with Crippen LogP contribution in [0, 0.1) is 5.41 Å². The Morgan fingerprint density at radius 3 is 2.45 bits per heavy atom. The van der Waals surface area contributed by atoms with Crippen molar-refractivity contribution in [3.63, 3.8) is 0 Å². The van der Waals surface area contributed by atoms with Crippen molar-refractivity contribution in [3.05, 3.63) is 35.9 Å². The second-order valence-corrected chi connectivity index (χ2v) is 5.37. The van der Waals surface area contributed by atoms with Gasteiger partial charge >= 0.3 is 5.97 Å². The van der Waals surface area contributed by atoms with E-state index in [2.05, 4.69) is 10.1 Å². The third-order valence-corrected chi connectivity index (χ3v) is 3.10. The average Bonchev–Trinajstić information content (AvgIpc) is 2.45. The molecule has 5 nitrogen and oxygen atoms in total. The fourth-order valence-corrected chi connectivity index (χ4v) is 1.76. The van der Waals surface area contributed by atoms with Crippen LogP contribution in [0.5, 0.6) is 0 Å². The van der Waals surface area contributed by atoms with Crippen molar-refractivity contribution in [2.45, 2.75) is 26.3 Å². The first kappa shape index (κ1) is 16.2. The molecular weight excluding hydrogens is 256 g/mol. The highest BCUT2D eigenvalue weighted by atomic mass is 16.5. The molecule has 1 amide bonds. The zero-order valence-corrected chi connectivity index (χ0v) is 12.2. The van der Waals surface area contributed by atoms with Gasteiger partial charge in [-0.1, -0.05) is 30.3 Å². The molecule has 20 heavy (non-hydrogen) atoms. The molecule has 0 aliphatic rings. The van der Waals surface area contributed by atoms with Crippen LogP contribution >= 0.6 is 0 Å². The van der Waals surface area contributed by atoms with E-state index in [9.17, 15) is 9.59 Å². The lowest BCUT2D eigenvalue weighted by molar-refractivity contribution is -0.150. The Bertz CT molecular complexity index is 457. The highest BCUT2D eigenvalue weighted by Crippen LogP contribution is 2.16. The van der Waals surface area contributed by atoms with Crippen LogP contribution in [0.2, 0.25) is 0 Å². The quantitative estimate of drug-likeness (QED) is 0.770. The van der Waals surface area contributed by atoms with E-state index in [0.29, 0.717) is 0 Å². The van der Waals surface area contributed by atoms with Gasteiger partial charge in [-0.3, -0.25) is 9.59 Å². The van der Waals surface area contributed by atoms with Crippen molar-refractivity contribution >= 4 is 11.9 Å². The van der Waals surface area contributed by atoms with E-state index < -0.39 is 5.41 Å². The first-order chi connectivity index (χ1) is 9.36. The molecule has 1 atom stereocenters. The third-order valence-electron chi connectivity index (χ3n) is 3.10. The molecule has 0 saturated carbocycles. The summed E-state index contributed by atoms with van der Waals surface area (Å²) in [6.45, 7) is 3.66. The normalized spacial score (nSPS) is 12.6. The molecular formula is C15H22N2O3. The molecule has 0 aromatic heterocycles. The predicted octanol–water partition coefficient (Wildman–Crippen LogP) is 1.39. The van der Waals surface area contributed by atoms with Gasteiger partial charge in [-0.2, -0.15) is 0 Å². The maximum absolute atomic E-state index is 11.8. The number of esters is 1. The molecule has 0 heterocycles. The van der Waals surface area contributed by atoms with Crippen LogP contribution in [-0.2, 0) is 14.3 Å². The zero-order chi connectivity index (χ0) is 15.2. The molecule has 110 valence electrons. The number of rotatable bonds is 6. The Morgan fingerprint density at radius 2 is 1.90 bits per heavy atom. The van der Waals surface area contributed by atoms with Crippen molar-refractivity contribution in [1.82, 2.24) is 5.32 Å². The molecule has 0 radical (unpaired) electrons. The van der Waals surface area contributed by atoms with Gasteiger partial charge in [0.05, 0.1) is 12.5 Å². The van der Waals surface area contributed by atoms with Gasteiger partial charge in [-0.15, -0.1) is 0 Å². The highest BCUT2D eigenvalue weighted by Gasteiger charge is 2.29. The van der Waals surface area contributed by atoms with Gasteiger partial charge in [-0.05, 0) is 19.4 Å². The van der Waals surface area contributed by atoms with Gasteiger partial charge in [0, 0.05) is 19.0 Å². The first-order valence-electron chi connectivity index (χ1n) is 6.52. The summed E-state index contributed by atoms with van der Waals surface area (Å²) in [6.07, 6.45) is 0.182. The second-order valence-electron chi connectivity index (χ2n) is 5.37. The molecule has 1 unspecified atom stereocenters. The number of nitrogens with one attached hydrogen (secondary N) is 1. The minimum Gasteiger partial charge on any atom is -0.469 e. The summed E-state index contributed by atoms with van der Waals surface area (Å²) in [5.74, 6) is -0.538. The highest BCUT2D eigenvalue weighted by molar-refractivity contribution is 5.79. The average molecular weight is 278 g/mol. The zero-order valence-electron chi connectivity index (χ0n) is 12.2. The van der Waals surface area contributed by atoms with E-state index in [1.165, 1.54) is 7.11 Å². The second kappa shape index (κ2) is 7.05. The molecule has 0 saturated heterocycles. The van der Waals surface area contributed by atoms with Crippen LogP contribution in [0.4, 0.5) is 0 Å². The Balaban J connectivity index is 2.47. The van der Waals surface area contributed by atoms with Crippen LogP contribution in [-0.4, -0.2) is 25.5 Å². The van der Waals surface area contributed by atoms with Gasteiger partial charge in [0.1, 0.15) is 0 Å². The summed E-state index contributed by atoms with van der Waals surface area (Å²) >= 11 is 0. The van der Waals surface area contributed by atoms with Crippen LogP contribution in [0.3, 0.4) is 0 Å². The van der Waals surface area contributed by atoms with E-state index in [0.717, 1.165) is 5.56 Å². The van der Waals surface area contributed by atoms with Crippen molar-refractivity contribution in [3.8, 4) is 0 Å². The summed E-state index contributed by atoms with van der Waals surface area (Å²) in [7, 11) is 1.33. The summed E-state index contributed by atoms with van der Waals surface area (Å²) in [5, 5.41) is 2.72. The number of benzene rings is 1. The SMILES string of the molecule is COC(=O)C(C)(C)CNC(=O)CC(N)c1ccccc1. The fraction of sp³-hybridized carbons (Fsp3) is 0.467. The summed E-state index contributed by atoms with van der Waals surface area (Å²) in [5.41, 5.74) is 6.13. The van der Waals surface area contributed by atoms with Crippen LogP contribution in [0.25, 0.3) is 0 Å². The topological polar surface area (TPSA) is 81.4 Å². The van der Waals surface area contributed by atoms with Crippen LogP contribution in [0.15, 0.2) is 30.3 Å². The van der Waals surface area contributed by atoms with Gasteiger partial charge in [0.25, 0.3) is 0 Å². The standard InChI is InChI=1S/C15H22N2O3/c1-15(2,14(19)20-3)10-17-13(18)9-12(16)11-7-5-4-6-8-11/h4-8,12H,9-10,16H2,1-3H3,(H,17,18). The molecule has 0 fully saturated rings. The lowest BCUT2D eigenvalue weighted by atomic mass is 9.93. The Morgan fingerprint density at radius 1 is 1.30 bits per heavy atom. The van der Waals surface area contributed by atoms with Gasteiger partial charge in [0.15, 0.2) is 0 Å². The number of hydrogen-bond acceptors (Lipinski definition) is 4. The Kier molecular flexibility index (Phi) is 5.70. The predicted molar refractivity (Wildman–Crippen MR) is 76.8 cm³/mol. The minimum atomic E-state index is -0.749. The van der Waals surface area contributed by atoms with E-state index in [1.54, 1.807) is 13.8 Å². The largest absolute Gasteiger partial charge is 0.469 e. The molecule has 3 N–H and O–H groups in total. The molecule has 1 aromatic carbocycles. The molecule has 0 bridgehead atoms. The first-order valence-corrected chi connectivity index (χ1v) is 6.52. The van der Waals surface area contributed by atoms with Gasteiger partial charge < -0.3 is 15.8 Å². The van der Waals surface area contributed by atoms with Gasteiger partial charge in [0.2, 0.25) is 5.91 Å². The number of amides is 1. The number of carbonyl (C=O) groups is 2. The number of carbonyl (C=O) groups excluding carboxylic acids is 2. The maximum atomic E-state index is 11.8. The van der Waals surface area contributed by atoms with E-state index in [-0.39, 0.29) is 30.9 Å². The molecule has 0 aliphatic heterocycles. The van der Waals surface area contributed by atoms with Crippen LogP contribution < -0.4 is 11.1 Å². The third kappa shape index (κ3) is 4.66. The summed E-state index contributed by atoms with van der Waals surface area (Å²) in [6, 6.07) is 9.08. The van der Waals surface area contributed by atoms with E-state index in [1.807, 2.05) is 30.3 Å². The number of ether oxygens (including phenoxy) is 1. The number of hydrogen-bond donors (Lipinski definition) is 2. The summed E-state index contributed by atoms with van der Waals surface area (Å²) in [4.78, 5) is 23.3. The van der Waals surface area contributed by atoms with E-state index in [4.69, 9.17) is 5.73 Å². The smallest absolute Gasteiger partial charge is 0.313 e. The minimum absolute atomic E-state index is 0.182. The molecule has 0 aliphatic carbocycles. The monoisotopic (exact) mass is 278 g/mol. The van der Waals surface area contributed by atoms with Crippen molar-refractivity contribution in [1.29, 1.82) is 0 Å². The maximum Gasteiger partial charge on any atom is 0.313 e.